The summed E-state index contributed by atoms with van der Waals surface area (Å²) >= 11 is 0. The lowest BCUT2D eigenvalue weighted by molar-refractivity contribution is 0.0902. The van der Waals surface area contributed by atoms with Crippen LogP contribution in [0.3, 0.4) is 0 Å². The monoisotopic (exact) mass is 397 g/mol. The minimum absolute atomic E-state index is 0.0840. The Kier molecular flexibility index (Phi) is 5.16. The molecule has 0 atom stereocenters. The molecule has 1 aliphatic rings. The number of benzene rings is 1. The van der Waals surface area contributed by atoms with Gasteiger partial charge in [-0.1, -0.05) is 12.1 Å². The second kappa shape index (κ2) is 7.90. The number of para-hydroxylation sites is 1. The number of amides is 1. The maximum Gasteiger partial charge on any atom is 0.407 e. The molecule has 3 aromatic rings. The van der Waals surface area contributed by atoms with Crippen molar-refractivity contribution in [1.29, 1.82) is 0 Å². The number of halogens is 1. The van der Waals surface area contributed by atoms with Crippen molar-refractivity contribution >= 4 is 17.0 Å². The molecule has 1 aromatic carbocycles. The molecule has 4 rings (SSSR count). The van der Waals surface area contributed by atoms with Gasteiger partial charge in [0.05, 0.1) is 12.6 Å². The molecule has 0 unspecified atom stereocenters. The van der Waals surface area contributed by atoms with Gasteiger partial charge in [-0.2, -0.15) is 0 Å². The lowest BCUT2D eigenvalue weighted by Gasteiger charge is -2.30. The third-order valence-corrected chi connectivity index (χ3v) is 5.06. The van der Waals surface area contributed by atoms with Crippen LogP contribution in [0.2, 0.25) is 0 Å². The minimum Gasteiger partial charge on any atom is -0.490 e. The van der Waals surface area contributed by atoms with E-state index in [1.165, 1.54) is 24.3 Å². The zero-order chi connectivity index (χ0) is 20.4. The fourth-order valence-electron chi connectivity index (χ4n) is 3.54. The minimum atomic E-state index is -0.905. The van der Waals surface area contributed by atoms with Crippen molar-refractivity contribution in [3.8, 4) is 22.8 Å². The van der Waals surface area contributed by atoms with Gasteiger partial charge in [-0.3, -0.25) is 4.98 Å². The highest BCUT2D eigenvalue weighted by molar-refractivity contribution is 5.96. The first-order valence-corrected chi connectivity index (χ1v) is 9.29. The second-order valence-corrected chi connectivity index (χ2v) is 6.80. The number of methoxy groups -OCH3 is 1. The number of carboxylic acid groups (broad SMARTS) is 1. The summed E-state index contributed by atoms with van der Waals surface area (Å²) in [4.78, 5) is 21.0. The van der Waals surface area contributed by atoms with Gasteiger partial charge in [0.25, 0.3) is 0 Å². The first-order chi connectivity index (χ1) is 14.1. The highest BCUT2D eigenvalue weighted by Gasteiger charge is 2.24. The molecular formula is C21H20FN3O4. The summed E-state index contributed by atoms with van der Waals surface area (Å²) in [5.41, 5.74) is 1.55. The first kappa shape index (κ1) is 18.9. The molecule has 29 heavy (non-hydrogen) atoms. The summed E-state index contributed by atoms with van der Waals surface area (Å²) < 4.78 is 25.7. The summed E-state index contributed by atoms with van der Waals surface area (Å²) in [6.07, 6.45) is 3.30. The van der Waals surface area contributed by atoms with Crippen LogP contribution in [0.1, 0.15) is 12.8 Å². The van der Waals surface area contributed by atoms with E-state index in [1.54, 1.807) is 18.3 Å². The number of fused-ring (bicyclic) bond motifs is 1. The van der Waals surface area contributed by atoms with Crippen LogP contribution in [0.25, 0.3) is 22.0 Å². The zero-order valence-corrected chi connectivity index (χ0v) is 15.8. The molecule has 1 N–H and O–H groups in total. The fraction of sp³-hybridized carbons (Fsp3) is 0.286. The van der Waals surface area contributed by atoms with Crippen molar-refractivity contribution in [2.75, 3.05) is 20.2 Å². The molecule has 8 heteroatoms. The van der Waals surface area contributed by atoms with Crippen LogP contribution in [-0.4, -0.2) is 52.4 Å². The molecule has 1 fully saturated rings. The van der Waals surface area contributed by atoms with Crippen LogP contribution in [0.15, 0.2) is 42.7 Å². The standard InChI is InChI=1S/C21H20FN3O4/c1-28-19-11-17(22)16(12-24-19)14-3-2-4-15-18(5-8-23-20(14)15)29-13-6-9-25(10-7-13)21(26)27/h2-5,8,11-13H,6-7,9-10H2,1H3,(H,26,27). The van der Waals surface area contributed by atoms with Gasteiger partial charge in [0, 0.05) is 60.9 Å². The lowest BCUT2D eigenvalue weighted by atomic mass is 10.0. The Morgan fingerprint density at radius 2 is 2.00 bits per heavy atom. The van der Waals surface area contributed by atoms with Crippen LogP contribution in [0, 0.1) is 5.82 Å². The van der Waals surface area contributed by atoms with E-state index in [0.717, 1.165) is 5.39 Å². The maximum absolute atomic E-state index is 14.6. The normalized spacial score (nSPS) is 14.8. The topological polar surface area (TPSA) is 84.8 Å². The molecule has 1 amide bonds. The molecule has 7 nitrogen and oxygen atoms in total. The molecule has 1 saturated heterocycles. The van der Waals surface area contributed by atoms with Crippen LogP contribution in [0.5, 0.6) is 11.6 Å². The number of likely N-dealkylation sites (tertiary alicyclic amines) is 1. The third-order valence-electron chi connectivity index (χ3n) is 5.06. The molecule has 1 aliphatic heterocycles. The second-order valence-electron chi connectivity index (χ2n) is 6.80. The van der Waals surface area contributed by atoms with Crippen molar-refractivity contribution in [2.45, 2.75) is 18.9 Å². The Morgan fingerprint density at radius 3 is 2.69 bits per heavy atom. The predicted molar refractivity (Wildman–Crippen MR) is 105 cm³/mol. The number of ether oxygens (including phenoxy) is 2. The molecule has 0 aliphatic carbocycles. The van der Waals surface area contributed by atoms with E-state index in [-0.39, 0.29) is 12.0 Å². The van der Waals surface area contributed by atoms with Gasteiger partial charge in [-0.05, 0) is 12.1 Å². The summed E-state index contributed by atoms with van der Waals surface area (Å²) in [7, 11) is 1.44. The average molecular weight is 397 g/mol. The molecule has 0 radical (unpaired) electrons. The predicted octanol–water partition coefficient (Wildman–Crippen LogP) is 3.97. The Balaban J connectivity index is 1.65. The van der Waals surface area contributed by atoms with Crippen LogP contribution in [0.4, 0.5) is 9.18 Å². The lowest BCUT2D eigenvalue weighted by Crippen LogP contribution is -2.41. The van der Waals surface area contributed by atoms with Crippen molar-refractivity contribution in [3.05, 3.63) is 48.5 Å². The maximum atomic E-state index is 14.6. The molecular weight excluding hydrogens is 377 g/mol. The average Bonchev–Trinajstić information content (AvgIpc) is 2.74. The number of pyridine rings is 2. The molecule has 0 bridgehead atoms. The van der Waals surface area contributed by atoms with E-state index in [1.807, 2.05) is 12.1 Å². The van der Waals surface area contributed by atoms with E-state index < -0.39 is 11.9 Å². The van der Waals surface area contributed by atoms with Crippen molar-refractivity contribution < 1.29 is 23.8 Å². The van der Waals surface area contributed by atoms with Gasteiger partial charge < -0.3 is 19.5 Å². The van der Waals surface area contributed by atoms with E-state index in [4.69, 9.17) is 14.6 Å². The van der Waals surface area contributed by atoms with Gasteiger partial charge in [-0.25, -0.2) is 14.2 Å². The summed E-state index contributed by atoms with van der Waals surface area (Å²) in [5, 5.41) is 9.85. The zero-order valence-electron chi connectivity index (χ0n) is 15.8. The number of piperidine rings is 1. The van der Waals surface area contributed by atoms with Gasteiger partial charge in [-0.15, -0.1) is 0 Å². The first-order valence-electron chi connectivity index (χ1n) is 9.29. The summed E-state index contributed by atoms with van der Waals surface area (Å²) in [5.74, 6) is 0.405. The Morgan fingerprint density at radius 1 is 1.21 bits per heavy atom. The number of hydrogen-bond acceptors (Lipinski definition) is 5. The SMILES string of the molecule is COc1cc(F)c(-c2cccc3c(OC4CCN(C(=O)O)CC4)ccnc23)cn1. The van der Waals surface area contributed by atoms with Crippen molar-refractivity contribution in [2.24, 2.45) is 0 Å². The van der Waals surface area contributed by atoms with Crippen LogP contribution >= 0.6 is 0 Å². The quantitative estimate of drug-likeness (QED) is 0.717. The van der Waals surface area contributed by atoms with Gasteiger partial charge in [0.15, 0.2) is 0 Å². The molecule has 3 heterocycles. The van der Waals surface area contributed by atoms with Crippen LogP contribution in [-0.2, 0) is 0 Å². The van der Waals surface area contributed by atoms with E-state index in [0.29, 0.717) is 48.3 Å². The van der Waals surface area contributed by atoms with Gasteiger partial charge >= 0.3 is 6.09 Å². The van der Waals surface area contributed by atoms with Crippen molar-refractivity contribution in [3.63, 3.8) is 0 Å². The van der Waals surface area contributed by atoms with E-state index in [9.17, 15) is 9.18 Å². The number of carbonyl (C=O) groups is 1. The highest BCUT2D eigenvalue weighted by atomic mass is 19.1. The summed E-state index contributed by atoms with van der Waals surface area (Å²) in [6.45, 7) is 0.883. The Hall–Kier alpha value is -3.42. The van der Waals surface area contributed by atoms with E-state index in [2.05, 4.69) is 9.97 Å². The molecule has 150 valence electrons. The fourth-order valence-corrected chi connectivity index (χ4v) is 3.54. The highest BCUT2D eigenvalue weighted by Crippen LogP contribution is 2.34. The molecule has 0 spiro atoms. The Labute approximate surface area is 166 Å². The van der Waals surface area contributed by atoms with E-state index >= 15 is 0 Å². The summed E-state index contributed by atoms with van der Waals surface area (Å²) in [6, 6.07) is 8.51. The molecule has 0 saturated carbocycles. The number of rotatable bonds is 4. The third kappa shape index (κ3) is 3.78. The smallest absolute Gasteiger partial charge is 0.407 e. The van der Waals surface area contributed by atoms with Crippen molar-refractivity contribution in [1.82, 2.24) is 14.9 Å². The molecule has 2 aromatic heterocycles. The number of hydrogen-bond donors (Lipinski definition) is 1. The largest absolute Gasteiger partial charge is 0.490 e. The van der Waals surface area contributed by atoms with Crippen LogP contribution < -0.4 is 9.47 Å². The van der Waals surface area contributed by atoms with Gasteiger partial charge in [0.1, 0.15) is 17.7 Å². The van der Waals surface area contributed by atoms with Gasteiger partial charge in [0.2, 0.25) is 5.88 Å². The number of nitrogens with zero attached hydrogens (tertiary/aromatic N) is 3. The number of aromatic nitrogens is 2. The Bertz CT molecular complexity index is 1050.